The highest BCUT2D eigenvalue weighted by Gasteiger charge is 2.54. The summed E-state index contributed by atoms with van der Waals surface area (Å²) < 4.78 is 38.4. The van der Waals surface area contributed by atoms with Gasteiger partial charge in [0.25, 0.3) is 0 Å². The number of carbonyl (C=O) groups is 1. The highest BCUT2D eigenvalue weighted by molar-refractivity contribution is 6.00. The molecular weight excluding hydrogens is 281 g/mol. The van der Waals surface area contributed by atoms with Crippen molar-refractivity contribution in [3.05, 3.63) is 29.8 Å². The van der Waals surface area contributed by atoms with Gasteiger partial charge in [-0.2, -0.15) is 13.2 Å². The van der Waals surface area contributed by atoms with E-state index in [0.29, 0.717) is 24.3 Å². The molecule has 2 heterocycles. The van der Waals surface area contributed by atoms with Crippen LogP contribution in [0.25, 0.3) is 0 Å². The van der Waals surface area contributed by atoms with Crippen molar-refractivity contribution in [2.24, 2.45) is 5.92 Å². The summed E-state index contributed by atoms with van der Waals surface area (Å²) in [6, 6.07) is 5.37. The average molecular weight is 296 g/mol. The highest BCUT2D eigenvalue weighted by Crippen LogP contribution is 2.46. The molecule has 112 valence electrons. The number of benzene rings is 1. The number of alkyl halides is 3. The van der Waals surface area contributed by atoms with Gasteiger partial charge in [-0.25, -0.2) is 0 Å². The predicted molar refractivity (Wildman–Crippen MR) is 70.6 cm³/mol. The fraction of sp³-hybridized carbons (Fsp3) is 0.533. The van der Waals surface area contributed by atoms with E-state index in [1.807, 2.05) is 0 Å². The number of rotatable bonds is 1. The van der Waals surface area contributed by atoms with E-state index in [9.17, 15) is 18.0 Å². The molecule has 3 aliphatic rings. The smallest absolute Gasteiger partial charge is 0.298 e. The van der Waals surface area contributed by atoms with Crippen molar-refractivity contribution in [1.29, 1.82) is 0 Å². The number of carbonyl (C=O) groups excluding carboxylic acids is 1. The second kappa shape index (κ2) is 4.22. The molecule has 1 saturated carbocycles. The highest BCUT2D eigenvalue weighted by atomic mass is 19.4. The molecule has 2 aliphatic heterocycles. The van der Waals surface area contributed by atoms with Crippen LogP contribution in [0.1, 0.15) is 24.8 Å². The number of nitrogens with zero attached hydrogens (tertiary/aromatic N) is 2. The SMILES string of the molecule is O=C1[C@H]2C3CCC(C3)N2CN1c1cccc(C(F)(F)F)c1. The normalized spacial score (nSPS) is 32.0. The first-order chi connectivity index (χ1) is 9.95. The standard InChI is InChI=1S/C15H15F3N2O/c16-15(17,18)10-2-1-3-11(7-10)20-8-19-12-5-4-9(6-12)13(19)14(20)21/h1-3,7,9,12-13H,4-6,8H2/t9?,12?,13-/m1/s1. The van der Waals surface area contributed by atoms with Crippen LogP contribution in [0.15, 0.2) is 24.3 Å². The molecule has 2 bridgehead atoms. The van der Waals surface area contributed by atoms with E-state index in [0.717, 1.165) is 31.4 Å². The van der Waals surface area contributed by atoms with Gasteiger partial charge < -0.3 is 0 Å². The molecule has 3 nitrogen and oxygen atoms in total. The molecule has 3 fully saturated rings. The quantitative estimate of drug-likeness (QED) is 0.795. The molecule has 6 heteroatoms. The number of piperidine rings is 1. The molecule has 1 aromatic carbocycles. The maximum Gasteiger partial charge on any atom is 0.416 e. The summed E-state index contributed by atoms with van der Waals surface area (Å²) in [5, 5.41) is 0. The second-order valence-corrected chi connectivity index (χ2v) is 6.14. The summed E-state index contributed by atoms with van der Waals surface area (Å²) in [4.78, 5) is 16.2. The summed E-state index contributed by atoms with van der Waals surface area (Å²) in [6.07, 6.45) is -1.15. The van der Waals surface area contributed by atoms with Gasteiger partial charge in [-0.05, 0) is 43.4 Å². The Morgan fingerprint density at radius 1 is 1.19 bits per heavy atom. The molecule has 4 rings (SSSR count). The van der Waals surface area contributed by atoms with Gasteiger partial charge in [-0.1, -0.05) is 6.07 Å². The topological polar surface area (TPSA) is 23.6 Å². The van der Waals surface area contributed by atoms with Crippen molar-refractivity contribution < 1.29 is 18.0 Å². The van der Waals surface area contributed by atoms with Crippen LogP contribution in [-0.2, 0) is 11.0 Å². The molecule has 2 saturated heterocycles. The van der Waals surface area contributed by atoms with Gasteiger partial charge in [0.1, 0.15) is 0 Å². The summed E-state index contributed by atoms with van der Waals surface area (Å²) in [5.74, 6) is 0.347. The lowest BCUT2D eigenvalue weighted by Crippen LogP contribution is -2.38. The predicted octanol–water partition coefficient (Wildman–Crippen LogP) is 2.86. The molecule has 0 spiro atoms. The summed E-state index contributed by atoms with van der Waals surface area (Å²) in [6.45, 7) is 0.423. The Hall–Kier alpha value is -1.56. The zero-order valence-corrected chi connectivity index (χ0v) is 11.3. The third-order valence-corrected chi connectivity index (χ3v) is 5.03. The van der Waals surface area contributed by atoms with Crippen LogP contribution in [0.2, 0.25) is 0 Å². The lowest BCUT2D eigenvalue weighted by molar-refractivity contribution is -0.137. The molecule has 1 aromatic rings. The monoisotopic (exact) mass is 296 g/mol. The van der Waals surface area contributed by atoms with Crippen LogP contribution in [0, 0.1) is 5.92 Å². The molecular formula is C15H15F3N2O. The Bertz CT molecular complexity index is 601. The summed E-state index contributed by atoms with van der Waals surface area (Å²) >= 11 is 0. The van der Waals surface area contributed by atoms with E-state index in [1.54, 1.807) is 6.07 Å². The number of amides is 1. The van der Waals surface area contributed by atoms with Crippen molar-refractivity contribution in [1.82, 2.24) is 4.90 Å². The Kier molecular flexibility index (Phi) is 2.64. The van der Waals surface area contributed by atoms with Crippen LogP contribution in [0.5, 0.6) is 0 Å². The minimum Gasteiger partial charge on any atom is -0.298 e. The molecule has 21 heavy (non-hydrogen) atoms. The van der Waals surface area contributed by atoms with E-state index in [1.165, 1.54) is 11.0 Å². The maximum atomic E-state index is 12.8. The summed E-state index contributed by atoms with van der Waals surface area (Å²) in [5.41, 5.74) is -0.355. The van der Waals surface area contributed by atoms with E-state index in [2.05, 4.69) is 4.90 Å². The molecule has 0 radical (unpaired) electrons. The number of fused-ring (bicyclic) bond motifs is 5. The third-order valence-electron chi connectivity index (χ3n) is 5.03. The number of hydrogen-bond donors (Lipinski definition) is 0. The van der Waals surface area contributed by atoms with E-state index >= 15 is 0 Å². The molecule has 0 N–H and O–H groups in total. The van der Waals surface area contributed by atoms with Crippen LogP contribution >= 0.6 is 0 Å². The maximum absolute atomic E-state index is 12.8. The largest absolute Gasteiger partial charge is 0.416 e. The second-order valence-electron chi connectivity index (χ2n) is 6.14. The van der Waals surface area contributed by atoms with Gasteiger partial charge in [0.05, 0.1) is 18.3 Å². The Balaban J connectivity index is 1.65. The minimum atomic E-state index is -4.38. The van der Waals surface area contributed by atoms with Gasteiger partial charge in [0.15, 0.2) is 0 Å². The van der Waals surface area contributed by atoms with Crippen molar-refractivity contribution >= 4 is 11.6 Å². The van der Waals surface area contributed by atoms with Crippen LogP contribution < -0.4 is 4.90 Å². The fourth-order valence-electron chi connectivity index (χ4n) is 4.08. The van der Waals surface area contributed by atoms with Gasteiger partial charge in [0, 0.05) is 11.7 Å². The van der Waals surface area contributed by atoms with E-state index < -0.39 is 11.7 Å². The van der Waals surface area contributed by atoms with Gasteiger partial charge in [-0.3, -0.25) is 14.6 Å². The van der Waals surface area contributed by atoms with Crippen molar-refractivity contribution in [3.63, 3.8) is 0 Å². The number of halogens is 3. The van der Waals surface area contributed by atoms with Crippen LogP contribution in [0.4, 0.5) is 18.9 Å². The van der Waals surface area contributed by atoms with Gasteiger partial charge >= 0.3 is 6.18 Å². The Morgan fingerprint density at radius 3 is 2.71 bits per heavy atom. The van der Waals surface area contributed by atoms with Crippen molar-refractivity contribution in [3.8, 4) is 0 Å². The first-order valence-corrected chi connectivity index (χ1v) is 7.19. The first-order valence-electron chi connectivity index (χ1n) is 7.19. The number of hydrogen-bond acceptors (Lipinski definition) is 2. The molecule has 0 aromatic heterocycles. The zero-order valence-electron chi connectivity index (χ0n) is 11.3. The summed E-state index contributed by atoms with van der Waals surface area (Å²) in [7, 11) is 0. The van der Waals surface area contributed by atoms with Crippen LogP contribution in [-0.4, -0.2) is 29.6 Å². The molecule has 1 aliphatic carbocycles. The molecule has 1 amide bonds. The minimum absolute atomic E-state index is 0.0403. The fourth-order valence-corrected chi connectivity index (χ4v) is 4.08. The van der Waals surface area contributed by atoms with Gasteiger partial charge in [-0.15, -0.1) is 0 Å². The third kappa shape index (κ3) is 1.88. The van der Waals surface area contributed by atoms with Crippen molar-refractivity contribution in [2.45, 2.75) is 37.5 Å². The van der Waals surface area contributed by atoms with E-state index in [-0.39, 0.29) is 11.9 Å². The Morgan fingerprint density at radius 2 is 2.00 bits per heavy atom. The average Bonchev–Trinajstić information content (AvgIpc) is 3.11. The van der Waals surface area contributed by atoms with Crippen LogP contribution in [0.3, 0.4) is 0 Å². The molecule has 3 atom stereocenters. The lowest BCUT2D eigenvalue weighted by Gasteiger charge is -2.25. The van der Waals surface area contributed by atoms with E-state index in [4.69, 9.17) is 0 Å². The zero-order chi connectivity index (χ0) is 14.8. The van der Waals surface area contributed by atoms with Gasteiger partial charge in [0.2, 0.25) is 5.91 Å². The molecule has 2 unspecified atom stereocenters. The lowest BCUT2D eigenvalue weighted by atomic mass is 9.99. The first kappa shape index (κ1) is 13.1. The number of anilines is 1. The van der Waals surface area contributed by atoms with Crippen molar-refractivity contribution in [2.75, 3.05) is 11.6 Å². The Labute approximate surface area is 120 Å².